The molecule has 0 fully saturated rings. The van der Waals surface area contributed by atoms with E-state index in [1.54, 1.807) is 13.2 Å². The van der Waals surface area contributed by atoms with Crippen molar-refractivity contribution in [1.29, 1.82) is 0 Å². The summed E-state index contributed by atoms with van der Waals surface area (Å²) in [4.78, 5) is 15.3. The molecule has 5 nitrogen and oxygen atoms in total. The fourth-order valence-corrected chi connectivity index (χ4v) is 2.22. The Morgan fingerprint density at radius 1 is 1.36 bits per heavy atom. The maximum atomic E-state index is 11.9. The van der Waals surface area contributed by atoms with E-state index in [9.17, 15) is 9.90 Å². The lowest BCUT2D eigenvalue weighted by Crippen LogP contribution is -2.23. The molecule has 0 spiro atoms. The second-order valence-electron chi connectivity index (χ2n) is 5.89. The quantitative estimate of drug-likeness (QED) is 0.790. The van der Waals surface area contributed by atoms with Crippen molar-refractivity contribution in [3.8, 4) is 29.7 Å². The first-order chi connectivity index (χ1) is 10.3. The zero-order chi connectivity index (χ0) is 16.5. The van der Waals surface area contributed by atoms with Crippen LogP contribution in [0.5, 0.6) is 11.6 Å². The van der Waals surface area contributed by atoms with Gasteiger partial charge in [0.15, 0.2) is 0 Å². The third-order valence-electron chi connectivity index (χ3n) is 3.30. The first-order valence-corrected chi connectivity index (χ1v) is 6.74. The Balaban J connectivity index is 2.79. The van der Waals surface area contributed by atoms with Gasteiger partial charge in [-0.15, -0.1) is 6.42 Å². The topological polar surface area (TPSA) is 67.2 Å². The highest BCUT2D eigenvalue weighted by Gasteiger charge is 2.22. The van der Waals surface area contributed by atoms with Gasteiger partial charge in [-0.3, -0.25) is 4.57 Å². The first kappa shape index (κ1) is 15.6. The average molecular weight is 297 g/mol. The van der Waals surface area contributed by atoms with Crippen molar-refractivity contribution >= 4 is 0 Å². The summed E-state index contributed by atoms with van der Waals surface area (Å²) in [6.45, 7) is 6.07. The molecule has 22 heavy (non-hydrogen) atoms. The van der Waals surface area contributed by atoms with E-state index in [0.29, 0.717) is 17.0 Å². The monoisotopic (exact) mass is 297 g/mol. The van der Waals surface area contributed by atoms with Gasteiger partial charge in [-0.25, -0.2) is 9.78 Å². The molecule has 114 valence electrons. The van der Waals surface area contributed by atoms with Crippen LogP contribution >= 0.6 is 0 Å². The Morgan fingerprint density at radius 3 is 2.55 bits per heavy atom. The number of nitrogens with zero attached hydrogens (tertiary/aromatic N) is 2. The molecule has 0 radical (unpaired) electrons. The molecular weight excluding hydrogens is 280 g/mol. The van der Waals surface area contributed by atoms with Crippen molar-refractivity contribution < 1.29 is 9.84 Å². The van der Waals surface area contributed by atoms with E-state index in [-0.39, 0.29) is 5.41 Å². The van der Waals surface area contributed by atoms with Crippen LogP contribution in [0.25, 0.3) is 5.69 Å². The predicted octanol–water partition coefficient (Wildman–Crippen LogP) is 1.59. The molecule has 0 saturated carbocycles. The maximum Gasteiger partial charge on any atom is 0.351 e. The Bertz CT molecular complexity index is 808. The van der Waals surface area contributed by atoms with Crippen LogP contribution in [0.1, 0.15) is 31.9 Å². The van der Waals surface area contributed by atoms with E-state index in [4.69, 9.17) is 11.2 Å². The maximum absolute atomic E-state index is 11.9. The summed E-state index contributed by atoms with van der Waals surface area (Å²) in [5, 5.41) is 11.1. The Hall–Kier alpha value is -2.74. The predicted molar refractivity (Wildman–Crippen MR) is 82.5 cm³/mol. The lowest BCUT2D eigenvalue weighted by atomic mass is 9.84. The molecule has 0 bridgehead atoms. The fraction of sp³-hybridized carbons (Fsp3) is 0.294. The molecule has 0 aliphatic carbocycles. The van der Waals surface area contributed by atoms with E-state index < -0.39 is 11.6 Å². The standard InChI is InChI=1S/C17H18N2O3/c1-6-11-9-12(19-8-7-14(20)18-16(19)21)10-13(15(11)22-5)17(2,3)4/h1,7-10H,2-5H3,(H,18,20,21)/p-1. The molecule has 0 N–H and O–H groups in total. The smallest absolute Gasteiger partial charge is 0.351 e. The van der Waals surface area contributed by atoms with Crippen molar-refractivity contribution in [3.63, 3.8) is 0 Å². The minimum atomic E-state index is -0.638. The fourth-order valence-electron chi connectivity index (χ4n) is 2.22. The van der Waals surface area contributed by atoms with Crippen LogP contribution in [-0.4, -0.2) is 16.7 Å². The molecule has 0 unspecified atom stereocenters. The second kappa shape index (κ2) is 5.57. The molecule has 0 atom stereocenters. The number of rotatable bonds is 2. The largest absolute Gasteiger partial charge is 0.858 e. The van der Waals surface area contributed by atoms with Gasteiger partial charge in [0.2, 0.25) is 0 Å². The van der Waals surface area contributed by atoms with Gasteiger partial charge >= 0.3 is 5.69 Å². The normalized spacial score (nSPS) is 11.0. The van der Waals surface area contributed by atoms with Gasteiger partial charge < -0.3 is 9.84 Å². The highest BCUT2D eigenvalue weighted by atomic mass is 16.5. The summed E-state index contributed by atoms with van der Waals surface area (Å²) < 4.78 is 6.73. The van der Waals surface area contributed by atoms with Gasteiger partial charge in [-0.2, -0.15) is 0 Å². The number of methoxy groups -OCH3 is 1. The molecule has 5 heteroatoms. The molecular formula is C17H17N2O3-. The van der Waals surface area contributed by atoms with Crippen molar-refractivity contribution in [2.45, 2.75) is 26.2 Å². The van der Waals surface area contributed by atoms with Crippen LogP contribution in [0.3, 0.4) is 0 Å². The highest BCUT2D eigenvalue weighted by Crippen LogP contribution is 2.35. The van der Waals surface area contributed by atoms with Crippen molar-refractivity contribution in [1.82, 2.24) is 9.55 Å². The van der Waals surface area contributed by atoms with Crippen LogP contribution in [0, 0.1) is 12.3 Å². The van der Waals surface area contributed by atoms with Crippen LogP contribution in [0.15, 0.2) is 29.2 Å². The number of terminal acetylenes is 1. The van der Waals surface area contributed by atoms with Gasteiger partial charge in [0.25, 0.3) is 0 Å². The summed E-state index contributed by atoms with van der Waals surface area (Å²) in [6, 6.07) is 4.73. The average Bonchev–Trinajstić information content (AvgIpc) is 2.44. The summed E-state index contributed by atoms with van der Waals surface area (Å²) >= 11 is 0. The molecule has 0 saturated heterocycles. The second-order valence-corrected chi connectivity index (χ2v) is 5.89. The Morgan fingerprint density at radius 2 is 2.05 bits per heavy atom. The zero-order valence-electron chi connectivity index (χ0n) is 13.0. The zero-order valence-corrected chi connectivity index (χ0v) is 13.0. The van der Waals surface area contributed by atoms with Crippen LogP contribution in [0.4, 0.5) is 0 Å². The summed E-state index contributed by atoms with van der Waals surface area (Å²) in [5.74, 6) is 2.62. The Labute approximate surface area is 129 Å². The minimum Gasteiger partial charge on any atom is -0.858 e. The molecule has 0 amide bonds. The highest BCUT2D eigenvalue weighted by molar-refractivity contribution is 5.58. The molecule has 0 aliphatic rings. The summed E-state index contributed by atoms with van der Waals surface area (Å²) in [7, 11) is 1.56. The number of benzene rings is 1. The van der Waals surface area contributed by atoms with Gasteiger partial charge in [0, 0.05) is 11.8 Å². The SMILES string of the molecule is C#Cc1cc(-n2ccc([O-])nc2=O)cc(C(C)(C)C)c1OC. The lowest BCUT2D eigenvalue weighted by Gasteiger charge is -2.24. The minimum absolute atomic E-state index is 0.234. The van der Waals surface area contributed by atoms with Crippen molar-refractivity contribution in [2.24, 2.45) is 0 Å². The number of ether oxygens (including phenoxy) is 1. The molecule has 1 aromatic heterocycles. The van der Waals surface area contributed by atoms with E-state index in [1.807, 2.05) is 26.8 Å². The lowest BCUT2D eigenvalue weighted by molar-refractivity contribution is -0.275. The summed E-state index contributed by atoms with van der Waals surface area (Å²) in [6.07, 6.45) is 6.96. The number of aromatic nitrogens is 2. The molecule has 2 rings (SSSR count). The third kappa shape index (κ3) is 2.82. The van der Waals surface area contributed by atoms with Crippen LogP contribution in [-0.2, 0) is 5.41 Å². The molecule has 0 aliphatic heterocycles. The summed E-state index contributed by atoms with van der Waals surface area (Å²) in [5.41, 5.74) is 1.10. The van der Waals surface area contributed by atoms with Gasteiger partial charge in [-0.1, -0.05) is 26.7 Å². The van der Waals surface area contributed by atoms with E-state index in [1.165, 1.54) is 16.8 Å². The van der Waals surface area contributed by atoms with E-state index >= 15 is 0 Å². The number of hydrogen-bond acceptors (Lipinski definition) is 4. The molecule has 1 heterocycles. The van der Waals surface area contributed by atoms with Crippen LogP contribution in [0.2, 0.25) is 0 Å². The molecule has 1 aromatic carbocycles. The van der Waals surface area contributed by atoms with E-state index in [0.717, 1.165) is 5.56 Å². The van der Waals surface area contributed by atoms with Gasteiger partial charge in [0.05, 0.1) is 18.4 Å². The van der Waals surface area contributed by atoms with Gasteiger partial charge in [0.1, 0.15) is 5.75 Å². The third-order valence-corrected chi connectivity index (χ3v) is 3.30. The van der Waals surface area contributed by atoms with Crippen molar-refractivity contribution in [3.05, 3.63) is 46.0 Å². The van der Waals surface area contributed by atoms with E-state index in [2.05, 4.69) is 10.9 Å². The Kier molecular flexibility index (Phi) is 3.96. The first-order valence-electron chi connectivity index (χ1n) is 6.74. The number of hydrogen-bond donors (Lipinski definition) is 0. The van der Waals surface area contributed by atoms with Gasteiger partial charge in [-0.05, 0) is 29.5 Å². The molecule has 2 aromatic rings. The van der Waals surface area contributed by atoms with Crippen LogP contribution < -0.4 is 15.5 Å². The van der Waals surface area contributed by atoms with Crippen molar-refractivity contribution in [2.75, 3.05) is 7.11 Å².